The van der Waals surface area contributed by atoms with Gasteiger partial charge in [-0.2, -0.15) is 0 Å². The SMILES string of the molecule is CCC(CC)Nc1nc(I)nc2nc[nH]c12. The summed E-state index contributed by atoms with van der Waals surface area (Å²) in [4.78, 5) is 15.9. The molecule has 86 valence electrons. The summed E-state index contributed by atoms with van der Waals surface area (Å²) < 4.78 is 0.714. The first-order chi connectivity index (χ1) is 7.74. The number of imidazole rings is 1. The molecule has 0 unspecified atom stereocenters. The van der Waals surface area contributed by atoms with Gasteiger partial charge in [0.2, 0.25) is 0 Å². The molecule has 0 aromatic carbocycles. The van der Waals surface area contributed by atoms with Crippen molar-refractivity contribution < 1.29 is 0 Å². The van der Waals surface area contributed by atoms with Crippen LogP contribution in [0.2, 0.25) is 0 Å². The van der Waals surface area contributed by atoms with Gasteiger partial charge in [-0.3, -0.25) is 0 Å². The van der Waals surface area contributed by atoms with Crippen molar-refractivity contribution in [2.45, 2.75) is 32.7 Å². The highest BCUT2D eigenvalue weighted by Crippen LogP contribution is 2.19. The molecule has 2 heterocycles. The number of hydrogen-bond acceptors (Lipinski definition) is 4. The van der Waals surface area contributed by atoms with Crippen LogP contribution in [0, 0.1) is 3.83 Å². The first-order valence-corrected chi connectivity index (χ1v) is 6.45. The van der Waals surface area contributed by atoms with Crippen LogP contribution in [0.1, 0.15) is 26.7 Å². The lowest BCUT2D eigenvalue weighted by Gasteiger charge is -2.15. The third-order valence-electron chi connectivity index (χ3n) is 2.58. The molecule has 5 nitrogen and oxygen atoms in total. The largest absolute Gasteiger partial charge is 0.365 e. The van der Waals surface area contributed by atoms with E-state index in [1.165, 1.54) is 0 Å². The second kappa shape index (κ2) is 4.94. The molecule has 0 saturated heterocycles. The van der Waals surface area contributed by atoms with Crippen molar-refractivity contribution in [3.8, 4) is 0 Å². The lowest BCUT2D eigenvalue weighted by atomic mass is 10.2. The van der Waals surface area contributed by atoms with E-state index in [9.17, 15) is 0 Å². The van der Waals surface area contributed by atoms with Crippen LogP contribution in [-0.4, -0.2) is 26.0 Å². The molecule has 2 aromatic rings. The maximum atomic E-state index is 4.40. The molecule has 2 rings (SSSR count). The number of aromatic amines is 1. The van der Waals surface area contributed by atoms with Crippen LogP contribution in [0.4, 0.5) is 5.82 Å². The Bertz CT molecular complexity index is 477. The third-order valence-corrected chi connectivity index (χ3v) is 3.07. The van der Waals surface area contributed by atoms with E-state index in [0.29, 0.717) is 15.5 Å². The van der Waals surface area contributed by atoms with Gasteiger partial charge in [0.1, 0.15) is 5.52 Å². The van der Waals surface area contributed by atoms with E-state index in [0.717, 1.165) is 24.2 Å². The zero-order valence-corrected chi connectivity index (χ0v) is 11.4. The number of aromatic nitrogens is 4. The lowest BCUT2D eigenvalue weighted by molar-refractivity contribution is 0.669. The van der Waals surface area contributed by atoms with E-state index < -0.39 is 0 Å². The molecule has 0 fully saturated rings. The van der Waals surface area contributed by atoms with Crippen molar-refractivity contribution in [2.75, 3.05) is 5.32 Å². The number of nitrogens with zero attached hydrogens (tertiary/aromatic N) is 3. The monoisotopic (exact) mass is 331 g/mol. The maximum Gasteiger partial charge on any atom is 0.194 e. The van der Waals surface area contributed by atoms with Crippen LogP contribution in [0.3, 0.4) is 0 Å². The predicted octanol–water partition coefficient (Wildman–Crippen LogP) is 2.56. The van der Waals surface area contributed by atoms with E-state index in [1.807, 2.05) is 0 Å². The Morgan fingerprint density at radius 3 is 2.81 bits per heavy atom. The minimum Gasteiger partial charge on any atom is -0.365 e. The third kappa shape index (κ3) is 2.26. The molecule has 0 bridgehead atoms. The van der Waals surface area contributed by atoms with E-state index in [4.69, 9.17) is 0 Å². The minimum absolute atomic E-state index is 0.442. The van der Waals surface area contributed by atoms with Gasteiger partial charge >= 0.3 is 0 Å². The highest BCUT2D eigenvalue weighted by molar-refractivity contribution is 14.1. The summed E-state index contributed by atoms with van der Waals surface area (Å²) >= 11 is 2.11. The molecular formula is C10H14IN5. The Morgan fingerprint density at radius 1 is 1.38 bits per heavy atom. The Morgan fingerprint density at radius 2 is 2.12 bits per heavy atom. The van der Waals surface area contributed by atoms with Crippen LogP contribution in [-0.2, 0) is 0 Å². The summed E-state index contributed by atoms with van der Waals surface area (Å²) in [6.45, 7) is 4.33. The molecule has 0 aliphatic carbocycles. The van der Waals surface area contributed by atoms with E-state index in [-0.39, 0.29) is 0 Å². The van der Waals surface area contributed by atoms with Gasteiger partial charge in [0.15, 0.2) is 15.3 Å². The van der Waals surface area contributed by atoms with Crippen LogP contribution in [0.25, 0.3) is 11.2 Å². The standard InChI is InChI=1S/C10H14IN5/c1-3-6(4-2)14-9-7-8(13-5-12-7)15-10(11)16-9/h5-6H,3-4H2,1-2H3,(H2,12,13,14,15,16). The summed E-state index contributed by atoms with van der Waals surface area (Å²) in [5.74, 6) is 0.848. The van der Waals surface area contributed by atoms with Gasteiger partial charge in [0.05, 0.1) is 6.33 Å². The van der Waals surface area contributed by atoms with Crippen molar-refractivity contribution in [2.24, 2.45) is 0 Å². The lowest BCUT2D eigenvalue weighted by Crippen LogP contribution is -2.18. The smallest absolute Gasteiger partial charge is 0.194 e. The van der Waals surface area contributed by atoms with E-state index in [1.54, 1.807) is 6.33 Å². The van der Waals surface area contributed by atoms with Gasteiger partial charge in [-0.25, -0.2) is 15.0 Å². The molecule has 0 radical (unpaired) electrons. The van der Waals surface area contributed by atoms with Gasteiger partial charge < -0.3 is 10.3 Å². The van der Waals surface area contributed by atoms with Crippen molar-refractivity contribution >= 4 is 39.6 Å². The molecule has 6 heteroatoms. The number of fused-ring (bicyclic) bond motifs is 1. The molecule has 0 aliphatic heterocycles. The molecule has 0 aliphatic rings. The summed E-state index contributed by atoms with van der Waals surface area (Å²) in [6.07, 6.45) is 3.80. The molecule has 0 amide bonds. The number of nitrogens with one attached hydrogen (secondary N) is 2. The number of rotatable bonds is 4. The normalized spacial score (nSPS) is 11.2. The van der Waals surface area contributed by atoms with E-state index in [2.05, 4.69) is 61.7 Å². The quantitative estimate of drug-likeness (QED) is 0.667. The minimum atomic E-state index is 0.442. The fourth-order valence-electron chi connectivity index (χ4n) is 1.60. The molecule has 16 heavy (non-hydrogen) atoms. The topological polar surface area (TPSA) is 66.5 Å². The fourth-order valence-corrected chi connectivity index (χ4v) is 2.07. The zero-order chi connectivity index (χ0) is 11.5. The summed E-state index contributed by atoms with van der Waals surface area (Å²) in [5, 5.41) is 3.42. The molecular weight excluding hydrogens is 317 g/mol. The first-order valence-electron chi connectivity index (χ1n) is 5.37. The summed E-state index contributed by atoms with van der Waals surface area (Å²) in [6, 6.07) is 0.442. The Labute approximate surface area is 108 Å². The Hall–Kier alpha value is -0.920. The second-order valence-electron chi connectivity index (χ2n) is 3.60. The molecule has 2 aromatic heterocycles. The highest BCUT2D eigenvalue weighted by Gasteiger charge is 2.11. The van der Waals surface area contributed by atoms with Crippen molar-refractivity contribution in [1.29, 1.82) is 0 Å². The number of H-pyrrole nitrogens is 1. The first kappa shape index (κ1) is 11.6. The van der Waals surface area contributed by atoms with Crippen LogP contribution in [0.15, 0.2) is 6.33 Å². The molecule has 0 saturated carbocycles. The Balaban J connectivity index is 2.38. The second-order valence-corrected chi connectivity index (χ2v) is 4.57. The van der Waals surface area contributed by atoms with Gasteiger partial charge in [-0.1, -0.05) is 13.8 Å². The number of hydrogen-bond donors (Lipinski definition) is 2. The van der Waals surface area contributed by atoms with Gasteiger partial charge in [0.25, 0.3) is 0 Å². The van der Waals surface area contributed by atoms with Crippen molar-refractivity contribution in [1.82, 2.24) is 19.9 Å². The maximum absolute atomic E-state index is 4.40. The molecule has 0 spiro atoms. The van der Waals surface area contributed by atoms with Crippen LogP contribution >= 0.6 is 22.6 Å². The zero-order valence-electron chi connectivity index (χ0n) is 9.29. The van der Waals surface area contributed by atoms with Crippen LogP contribution < -0.4 is 5.32 Å². The van der Waals surface area contributed by atoms with Crippen molar-refractivity contribution in [3.63, 3.8) is 0 Å². The molecule has 2 N–H and O–H groups in total. The van der Waals surface area contributed by atoms with Gasteiger partial charge in [0, 0.05) is 28.6 Å². The number of anilines is 1. The summed E-state index contributed by atoms with van der Waals surface area (Å²) in [7, 11) is 0. The Kier molecular flexibility index (Phi) is 3.57. The number of halogens is 1. The van der Waals surface area contributed by atoms with Gasteiger partial charge in [-0.15, -0.1) is 0 Å². The van der Waals surface area contributed by atoms with Gasteiger partial charge in [-0.05, 0) is 12.8 Å². The highest BCUT2D eigenvalue weighted by atomic mass is 127. The van der Waals surface area contributed by atoms with Crippen molar-refractivity contribution in [3.05, 3.63) is 10.2 Å². The average molecular weight is 331 g/mol. The molecule has 0 atom stereocenters. The predicted molar refractivity (Wildman–Crippen MR) is 72.4 cm³/mol. The average Bonchev–Trinajstić information content (AvgIpc) is 2.73. The summed E-state index contributed by atoms with van der Waals surface area (Å²) in [5.41, 5.74) is 1.60. The van der Waals surface area contributed by atoms with E-state index >= 15 is 0 Å². The fraction of sp³-hybridized carbons (Fsp3) is 0.500. The van der Waals surface area contributed by atoms with Crippen LogP contribution in [0.5, 0.6) is 0 Å².